The van der Waals surface area contributed by atoms with Gasteiger partial charge in [0.25, 0.3) is 5.91 Å². The standard InChI is InChI=1S/C18H14ClN3O7/c1-21(8-10-4-11(19)2-3-14(10)23)18(27)12(7-20)16(25)9-5-13(22(28)29)17(26)15(24)6-9/h2-6,23-26H,8H2,1H3/b16-12-. The van der Waals surface area contributed by atoms with Gasteiger partial charge in [0.05, 0.1) is 4.92 Å². The molecule has 0 radical (unpaired) electrons. The summed E-state index contributed by atoms with van der Waals surface area (Å²) >= 11 is 5.85. The molecule has 2 aromatic rings. The third-order valence-electron chi connectivity index (χ3n) is 3.90. The van der Waals surface area contributed by atoms with Gasteiger partial charge in [-0.1, -0.05) is 11.6 Å². The van der Waals surface area contributed by atoms with Crippen molar-refractivity contribution in [3.05, 3.63) is 62.2 Å². The number of hydrogen-bond acceptors (Lipinski definition) is 8. The van der Waals surface area contributed by atoms with Crippen LogP contribution in [-0.2, 0) is 11.3 Å². The zero-order valence-electron chi connectivity index (χ0n) is 14.8. The van der Waals surface area contributed by atoms with Crippen molar-refractivity contribution in [3.8, 4) is 23.3 Å². The zero-order chi connectivity index (χ0) is 21.9. The summed E-state index contributed by atoms with van der Waals surface area (Å²) in [5.74, 6) is -3.97. The van der Waals surface area contributed by atoms with Crippen LogP contribution in [0, 0.1) is 21.4 Å². The second-order valence-corrected chi connectivity index (χ2v) is 6.33. The van der Waals surface area contributed by atoms with Gasteiger partial charge in [0, 0.05) is 35.8 Å². The minimum Gasteiger partial charge on any atom is -0.508 e. The molecule has 0 spiro atoms. The van der Waals surface area contributed by atoms with Gasteiger partial charge in [-0.3, -0.25) is 14.9 Å². The normalized spacial score (nSPS) is 11.3. The van der Waals surface area contributed by atoms with E-state index in [1.807, 2.05) is 0 Å². The maximum atomic E-state index is 12.6. The highest BCUT2D eigenvalue weighted by molar-refractivity contribution is 6.30. The van der Waals surface area contributed by atoms with E-state index in [4.69, 9.17) is 11.6 Å². The van der Waals surface area contributed by atoms with Crippen molar-refractivity contribution in [1.29, 1.82) is 5.26 Å². The van der Waals surface area contributed by atoms with Gasteiger partial charge in [-0.25, -0.2) is 0 Å². The van der Waals surface area contributed by atoms with Crippen LogP contribution in [-0.4, -0.2) is 43.2 Å². The molecule has 1 amide bonds. The number of likely N-dealkylation sites (N-methyl/N-ethyl adjacent to an activating group) is 1. The Balaban J connectivity index is 2.44. The van der Waals surface area contributed by atoms with Crippen LogP contribution >= 0.6 is 11.6 Å². The second-order valence-electron chi connectivity index (χ2n) is 5.89. The molecule has 11 heteroatoms. The predicted octanol–water partition coefficient (Wildman–Crippen LogP) is 2.82. The number of nitrogens with zero attached hydrogens (tertiary/aromatic N) is 3. The number of carbonyl (C=O) groups is 1. The van der Waals surface area contributed by atoms with E-state index in [2.05, 4.69) is 0 Å². The Hall–Kier alpha value is -3.97. The number of nitro benzene ring substituents is 1. The summed E-state index contributed by atoms with van der Waals surface area (Å²) in [6, 6.07) is 7.17. The summed E-state index contributed by atoms with van der Waals surface area (Å²) in [7, 11) is 1.30. The fourth-order valence-electron chi connectivity index (χ4n) is 2.43. The van der Waals surface area contributed by atoms with Crippen LogP contribution in [0.5, 0.6) is 17.2 Å². The number of amides is 1. The van der Waals surface area contributed by atoms with Gasteiger partial charge < -0.3 is 25.3 Å². The first-order valence-electron chi connectivity index (χ1n) is 7.83. The Morgan fingerprint density at radius 3 is 2.48 bits per heavy atom. The number of halogens is 1. The van der Waals surface area contributed by atoms with Crippen molar-refractivity contribution < 1.29 is 30.1 Å². The van der Waals surface area contributed by atoms with Crippen LogP contribution < -0.4 is 0 Å². The quantitative estimate of drug-likeness (QED) is 0.143. The minimum atomic E-state index is -1.02. The van der Waals surface area contributed by atoms with Gasteiger partial charge in [0.15, 0.2) is 11.3 Å². The number of aromatic hydroxyl groups is 3. The van der Waals surface area contributed by atoms with E-state index in [0.29, 0.717) is 11.1 Å². The van der Waals surface area contributed by atoms with E-state index < -0.39 is 44.9 Å². The molecule has 4 N–H and O–H groups in total. The van der Waals surface area contributed by atoms with Crippen molar-refractivity contribution in [1.82, 2.24) is 4.90 Å². The lowest BCUT2D eigenvalue weighted by Gasteiger charge is -2.18. The highest BCUT2D eigenvalue weighted by Crippen LogP contribution is 2.38. The van der Waals surface area contributed by atoms with E-state index >= 15 is 0 Å². The van der Waals surface area contributed by atoms with E-state index in [-0.39, 0.29) is 17.9 Å². The predicted molar refractivity (Wildman–Crippen MR) is 101 cm³/mol. The number of hydrogen-bond donors (Lipinski definition) is 4. The van der Waals surface area contributed by atoms with Crippen LogP contribution in [0.1, 0.15) is 11.1 Å². The van der Waals surface area contributed by atoms with Gasteiger partial charge in [0.2, 0.25) is 5.75 Å². The maximum Gasteiger partial charge on any atom is 0.315 e. The Bertz CT molecular complexity index is 1080. The lowest BCUT2D eigenvalue weighted by atomic mass is 10.1. The lowest BCUT2D eigenvalue weighted by molar-refractivity contribution is -0.386. The molecule has 0 fully saturated rings. The molecule has 0 atom stereocenters. The average molecular weight is 420 g/mol. The number of nitriles is 1. The van der Waals surface area contributed by atoms with Crippen molar-refractivity contribution in [2.24, 2.45) is 0 Å². The molecule has 150 valence electrons. The summed E-state index contributed by atoms with van der Waals surface area (Å²) in [4.78, 5) is 23.5. The molecule has 2 aromatic carbocycles. The summed E-state index contributed by atoms with van der Waals surface area (Å²) in [6.07, 6.45) is 0. The molecule has 0 saturated heterocycles. The van der Waals surface area contributed by atoms with Crippen LogP contribution in [0.3, 0.4) is 0 Å². The molecule has 29 heavy (non-hydrogen) atoms. The molecule has 0 heterocycles. The molecule has 0 aliphatic carbocycles. The Labute approximate surface area is 168 Å². The average Bonchev–Trinajstić information content (AvgIpc) is 2.66. The van der Waals surface area contributed by atoms with Crippen LogP contribution in [0.15, 0.2) is 35.9 Å². The highest BCUT2D eigenvalue weighted by atomic mass is 35.5. The van der Waals surface area contributed by atoms with Crippen LogP contribution in [0.4, 0.5) is 5.69 Å². The van der Waals surface area contributed by atoms with Gasteiger partial charge in [0.1, 0.15) is 17.6 Å². The molecule has 0 aliphatic heterocycles. The van der Waals surface area contributed by atoms with E-state index in [9.17, 15) is 40.6 Å². The molecule has 0 unspecified atom stereocenters. The summed E-state index contributed by atoms with van der Waals surface area (Å²) in [5.41, 5.74) is -1.83. The number of phenols is 3. The van der Waals surface area contributed by atoms with Gasteiger partial charge in [-0.05, 0) is 24.3 Å². The Morgan fingerprint density at radius 1 is 1.24 bits per heavy atom. The number of nitro groups is 1. The fourth-order valence-corrected chi connectivity index (χ4v) is 2.62. The van der Waals surface area contributed by atoms with Gasteiger partial charge >= 0.3 is 5.69 Å². The zero-order valence-corrected chi connectivity index (χ0v) is 15.6. The van der Waals surface area contributed by atoms with Crippen molar-refractivity contribution in [2.45, 2.75) is 6.54 Å². The third-order valence-corrected chi connectivity index (χ3v) is 4.13. The molecule has 0 saturated carbocycles. The number of aliphatic hydroxyl groups is 1. The smallest absolute Gasteiger partial charge is 0.315 e. The van der Waals surface area contributed by atoms with Crippen LogP contribution in [0.2, 0.25) is 5.02 Å². The fraction of sp³-hybridized carbons (Fsp3) is 0.111. The first kappa shape index (κ1) is 21.3. The molecule has 2 rings (SSSR count). The van der Waals surface area contributed by atoms with E-state index in [1.165, 1.54) is 31.3 Å². The SMILES string of the molecule is CN(Cc1cc(Cl)ccc1O)C(=O)/C(C#N)=C(\O)c1cc(O)c(O)c([N+](=O)[O-])c1. The van der Waals surface area contributed by atoms with Gasteiger partial charge in [-0.2, -0.15) is 5.26 Å². The van der Waals surface area contributed by atoms with E-state index in [1.54, 1.807) is 0 Å². The van der Waals surface area contributed by atoms with Crippen molar-refractivity contribution >= 4 is 29.0 Å². The second kappa shape index (κ2) is 8.37. The minimum absolute atomic E-state index is 0.139. The Kier molecular flexibility index (Phi) is 6.15. The van der Waals surface area contributed by atoms with E-state index in [0.717, 1.165) is 11.0 Å². The summed E-state index contributed by atoms with van der Waals surface area (Å²) < 4.78 is 0. The molecular formula is C18H14ClN3O7. The largest absolute Gasteiger partial charge is 0.508 e. The van der Waals surface area contributed by atoms with Gasteiger partial charge in [-0.15, -0.1) is 0 Å². The van der Waals surface area contributed by atoms with Crippen molar-refractivity contribution in [2.75, 3.05) is 7.05 Å². The number of aliphatic hydroxyl groups excluding tert-OH is 1. The monoisotopic (exact) mass is 419 g/mol. The molecule has 0 aromatic heterocycles. The maximum absolute atomic E-state index is 12.6. The highest BCUT2D eigenvalue weighted by Gasteiger charge is 2.25. The summed E-state index contributed by atoms with van der Waals surface area (Å²) in [5, 5.41) is 59.9. The number of benzene rings is 2. The lowest BCUT2D eigenvalue weighted by Crippen LogP contribution is -2.28. The number of rotatable bonds is 5. The molecule has 10 nitrogen and oxygen atoms in total. The number of phenolic OH excluding ortho intramolecular Hbond substituents is 3. The number of carbonyl (C=O) groups excluding carboxylic acids is 1. The molecule has 0 aliphatic rings. The summed E-state index contributed by atoms with van der Waals surface area (Å²) in [6.45, 7) is -0.162. The van der Waals surface area contributed by atoms with Crippen molar-refractivity contribution in [3.63, 3.8) is 0 Å². The first-order valence-corrected chi connectivity index (χ1v) is 8.21. The molecular weight excluding hydrogens is 406 g/mol. The van der Waals surface area contributed by atoms with Crippen LogP contribution in [0.25, 0.3) is 5.76 Å². The first-order chi connectivity index (χ1) is 13.6. The topological polar surface area (TPSA) is 168 Å². The third kappa shape index (κ3) is 4.48. The Morgan fingerprint density at radius 2 is 1.90 bits per heavy atom. The molecule has 0 bridgehead atoms.